The average molecular weight is 680 g/mol. The molecule has 1 aromatic heterocycles. The molecule has 6 rings (SSSR count). The number of carboxylic acid groups (broad SMARTS) is 1. The maximum absolute atomic E-state index is 14.3. The van der Waals surface area contributed by atoms with Crippen LogP contribution in [0.25, 0.3) is 11.1 Å². The molecule has 1 aliphatic carbocycles. The number of aliphatic hydroxyl groups excluding tert-OH is 1. The molecule has 2 saturated heterocycles. The number of carboxylic acids is 1. The molecule has 3 atom stereocenters. The van der Waals surface area contributed by atoms with Crippen LogP contribution in [0, 0.1) is 11.7 Å². The van der Waals surface area contributed by atoms with E-state index in [1.807, 2.05) is 12.1 Å². The minimum Gasteiger partial charge on any atom is -0.496 e. The van der Waals surface area contributed by atoms with E-state index in [0.717, 1.165) is 17.7 Å². The van der Waals surface area contributed by atoms with E-state index in [4.69, 9.17) is 14.5 Å². The van der Waals surface area contributed by atoms with Gasteiger partial charge < -0.3 is 24.6 Å². The highest BCUT2D eigenvalue weighted by Crippen LogP contribution is 2.43. The molecule has 1 unspecified atom stereocenters. The monoisotopic (exact) mass is 679 g/mol. The molecule has 3 heterocycles. The number of alkyl halides is 5. The molecular weight excluding hydrogens is 644 g/mol. The van der Waals surface area contributed by atoms with Gasteiger partial charge in [0.2, 0.25) is 6.41 Å². The largest absolute Gasteiger partial charge is 0.496 e. The number of aliphatic carboxylic acids is 1. The number of anilines is 1. The van der Waals surface area contributed by atoms with E-state index in [-0.39, 0.29) is 29.8 Å². The van der Waals surface area contributed by atoms with Crippen LogP contribution in [0.1, 0.15) is 67.0 Å². The van der Waals surface area contributed by atoms with Crippen LogP contribution in [0.15, 0.2) is 48.5 Å². The van der Waals surface area contributed by atoms with Crippen LogP contribution in [0.2, 0.25) is 0 Å². The molecule has 48 heavy (non-hydrogen) atoms. The zero-order chi connectivity index (χ0) is 34.5. The molecule has 2 aliphatic heterocycles. The number of halogens is 6. The number of hydrogen-bond acceptors (Lipinski definition) is 7. The molecule has 0 amide bonds. The quantitative estimate of drug-likeness (QED) is 0.247. The first-order valence-electron chi connectivity index (χ1n) is 15.6. The third-order valence-electron chi connectivity index (χ3n) is 9.61. The first-order valence-corrected chi connectivity index (χ1v) is 15.6. The molecule has 0 spiro atoms. The summed E-state index contributed by atoms with van der Waals surface area (Å²) in [5, 5.41) is 20.4. The number of pyridine rings is 1. The van der Waals surface area contributed by atoms with Gasteiger partial charge in [0.25, 0.3) is 5.92 Å². The lowest BCUT2D eigenvalue weighted by molar-refractivity contribution is -0.154. The highest BCUT2D eigenvalue weighted by atomic mass is 19.4. The number of aromatic nitrogens is 1. The smallest absolute Gasteiger partial charge is 0.416 e. The van der Waals surface area contributed by atoms with Crippen molar-refractivity contribution in [1.82, 2.24) is 9.88 Å². The number of ether oxygens (including phenoxy) is 2. The lowest BCUT2D eigenvalue weighted by Crippen LogP contribution is -2.56. The van der Waals surface area contributed by atoms with E-state index in [2.05, 4.69) is 0 Å². The molecule has 258 valence electrons. The van der Waals surface area contributed by atoms with Gasteiger partial charge in [0.15, 0.2) is 0 Å². The predicted molar refractivity (Wildman–Crippen MR) is 162 cm³/mol. The fourth-order valence-electron chi connectivity index (χ4n) is 6.96. The van der Waals surface area contributed by atoms with Crippen LogP contribution in [0.4, 0.5) is 32.2 Å². The van der Waals surface area contributed by atoms with Crippen molar-refractivity contribution in [2.45, 2.75) is 75.7 Å². The number of nitrogens with zero attached hydrogens (tertiary/aromatic N) is 3. The first-order chi connectivity index (χ1) is 22.6. The Balaban J connectivity index is 1.35. The topological polar surface area (TPSA) is 95.4 Å². The van der Waals surface area contributed by atoms with Gasteiger partial charge in [-0.3, -0.25) is 4.79 Å². The molecule has 14 heteroatoms. The SMILES string of the molecule is COc1ccc(C2CCC(C(=O)O)CC2)cc1-c1ccc(N2CC(F)(F)C2)nc1CN1C(O)O[C@H](c2cc(F)cc(C(F)(F)F)c2)[C@@H]1C. The molecule has 1 saturated carbocycles. The summed E-state index contributed by atoms with van der Waals surface area (Å²) in [6.45, 7) is 0.468. The van der Waals surface area contributed by atoms with Crippen LogP contribution >= 0.6 is 0 Å². The molecular formula is C34H35F6N3O5. The maximum atomic E-state index is 14.3. The Morgan fingerprint density at radius 2 is 1.73 bits per heavy atom. The lowest BCUT2D eigenvalue weighted by atomic mass is 9.78. The van der Waals surface area contributed by atoms with Crippen LogP contribution in [-0.2, 0) is 22.3 Å². The van der Waals surface area contributed by atoms with Crippen LogP contribution < -0.4 is 9.64 Å². The van der Waals surface area contributed by atoms with Crippen molar-refractivity contribution in [1.29, 1.82) is 0 Å². The second-order valence-corrected chi connectivity index (χ2v) is 12.8. The summed E-state index contributed by atoms with van der Waals surface area (Å²) >= 11 is 0. The molecule has 0 bridgehead atoms. The fraction of sp³-hybridized carbons (Fsp3) is 0.471. The van der Waals surface area contributed by atoms with Crippen molar-refractivity contribution in [3.05, 3.63) is 76.7 Å². The molecule has 3 fully saturated rings. The van der Waals surface area contributed by atoms with E-state index < -0.39 is 61.1 Å². The van der Waals surface area contributed by atoms with E-state index in [0.29, 0.717) is 54.3 Å². The average Bonchev–Trinajstić information content (AvgIpc) is 3.31. The highest BCUT2D eigenvalue weighted by molar-refractivity contribution is 5.75. The van der Waals surface area contributed by atoms with Crippen LogP contribution in [0.5, 0.6) is 5.75 Å². The number of carbonyl (C=O) groups is 1. The summed E-state index contributed by atoms with van der Waals surface area (Å²) in [4.78, 5) is 19.1. The summed E-state index contributed by atoms with van der Waals surface area (Å²) < 4.78 is 93.6. The Kier molecular flexibility index (Phi) is 9.11. The zero-order valence-corrected chi connectivity index (χ0v) is 26.2. The van der Waals surface area contributed by atoms with Gasteiger partial charge in [-0.25, -0.2) is 23.1 Å². The predicted octanol–water partition coefficient (Wildman–Crippen LogP) is 6.97. The number of benzene rings is 2. The Hall–Kier alpha value is -3.88. The molecule has 0 radical (unpaired) electrons. The van der Waals surface area contributed by atoms with Crippen LogP contribution in [0.3, 0.4) is 0 Å². The van der Waals surface area contributed by atoms with Crippen molar-refractivity contribution < 1.29 is 50.8 Å². The summed E-state index contributed by atoms with van der Waals surface area (Å²) in [6.07, 6.45) is -5.07. The van der Waals surface area contributed by atoms with Crippen molar-refractivity contribution in [3.8, 4) is 16.9 Å². The van der Waals surface area contributed by atoms with Crippen molar-refractivity contribution >= 4 is 11.8 Å². The van der Waals surface area contributed by atoms with E-state index in [1.54, 1.807) is 25.1 Å². The van der Waals surface area contributed by atoms with Gasteiger partial charge in [-0.05, 0) is 92.1 Å². The van der Waals surface area contributed by atoms with Crippen molar-refractivity contribution in [3.63, 3.8) is 0 Å². The number of rotatable bonds is 8. The number of aliphatic hydroxyl groups is 1. The van der Waals surface area contributed by atoms with Crippen molar-refractivity contribution in [2.24, 2.45) is 5.92 Å². The minimum atomic E-state index is -4.80. The van der Waals surface area contributed by atoms with Gasteiger partial charge >= 0.3 is 12.1 Å². The highest BCUT2D eigenvalue weighted by Gasteiger charge is 2.45. The zero-order valence-electron chi connectivity index (χ0n) is 26.2. The molecule has 8 nitrogen and oxygen atoms in total. The second-order valence-electron chi connectivity index (χ2n) is 12.8. The second kappa shape index (κ2) is 12.9. The number of hydrogen-bond donors (Lipinski definition) is 2. The van der Waals surface area contributed by atoms with Gasteiger partial charge in [0.05, 0.1) is 37.4 Å². The van der Waals surface area contributed by atoms with Gasteiger partial charge in [0.1, 0.15) is 23.5 Å². The first kappa shape index (κ1) is 34.0. The van der Waals surface area contributed by atoms with Gasteiger partial charge in [-0.1, -0.05) is 6.07 Å². The minimum absolute atomic E-state index is 0.103. The summed E-state index contributed by atoms with van der Waals surface area (Å²) in [7, 11) is 1.50. The summed E-state index contributed by atoms with van der Waals surface area (Å²) in [6, 6.07) is 10.4. The van der Waals surface area contributed by atoms with E-state index in [1.165, 1.54) is 16.9 Å². The van der Waals surface area contributed by atoms with Crippen molar-refractivity contribution in [2.75, 3.05) is 25.1 Å². The molecule has 2 N–H and O–H groups in total. The molecule has 2 aromatic carbocycles. The summed E-state index contributed by atoms with van der Waals surface area (Å²) in [5.74, 6) is -4.28. The Labute approximate surface area is 272 Å². The lowest BCUT2D eigenvalue weighted by Gasteiger charge is -2.40. The maximum Gasteiger partial charge on any atom is 0.416 e. The van der Waals surface area contributed by atoms with Crippen LogP contribution in [-0.4, -0.2) is 64.6 Å². The Morgan fingerprint density at radius 3 is 2.35 bits per heavy atom. The Bertz CT molecular complexity index is 1670. The normalized spacial score (nSPS) is 25.9. The van der Waals surface area contributed by atoms with Gasteiger partial charge in [-0.15, -0.1) is 0 Å². The fourth-order valence-corrected chi connectivity index (χ4v) is 6.96. The van der Waals surface area contributed by atoms with E-state index in [9.17, 15) is 41.4 Å². The molecule has 3 aliphatic rings. The number of methoxy groups -OCH3 is 1. The molecule has 3 aromatic rings. The third-order valence-corrected chi connectivity index (χ3v) is 9.61. The third kappa shape index (κ3) is 6.83. The van der Waals surface area contributed by atoms with E-state index >= 15 is 0 Å². The van der Waals surface area contributed by atoms with Gasteiger partial charge in [-0.2, -0.15) is 13.2 Å². The standard InChI is InChI=1S/C34H35F6N3O5/c1-18-30(22-11-23(34(38,39)40)14-24(35)12-22)48-32(46)43(18)15-27-25(8-10-29(41-27)42-16-33(36,37)17-42)26-13-21(7-9-28(26)47-2)19-3-5-20(6-4-19)31(44)45/h7-14,18-20,30,32,46H,3-6,15-17H2,1-2H3,(H,44,45)/t18-,19?,20?,30-,32?/m0/s1. The Morgan fingerprint density at radius 1 is 1.02 bits per heavy atom. The summed E-state index contributed by atoms with van der Waals surface area (Å²) in [5.41, 5.74) is 1.24. The van der Waals surface area contributed by atoms with Gasteiger partial charge in [0, 0.05) is 23.7 Å².